The number of benzene rings is 2. The molecule has 2 heterocycles. The number of nitrogens with one attached hydrogen (secondary N) is 2. The number of fused-ring (bicyclic) bond motifs is 1. The largest absolute Gasteiger partial charge is 0.322 e. The van der Waals surface area contributed by atoms with E-state index < -0.39 is 10.0 Å². The monoisotopic (exact) mass is 440 g/mol. The molecule has 0 aliphatic carbocycles. The first-order chi connectivity index (χ1) is 14.4. The van der Waals surface area contributed by atoms with Crippen LogP contribution in [0.5, 0.6) is 0 Å². The standard InChI is InChI=1S/C21H20N4O3S2/c1-3-22-30(27,28)17-9-4-14(2)18(12-17)20(26)23-16-7-5-15(6-8-16)19-13-25-10-11-29-21(25)24-19/h4-13,22H,3H2,1-2H3,(H,23,26). The van der Waals surface area contributed by atoms with Gasteiger partial charge in [0.1, 0.15) is 0 Å². The molecule has 9 heteroatoms. The van der Waals surface area contributed by atoms with Gasteiger partial charge >= 0.3 is 0 Å². The minimum atomic E-state index is -3.64. The van der Waals surface area contributed by atoms with Crippen LogP contribution in [0, 0.1) is 6.92 Å². The summed E-state index contributed by atoms with van der Waals surface area (Å²) in [6.45, 7) is 3.75. The number of anilines is 1. The lowest BCUT2D eigenvalue weighted by molar-refractivity contribution is 0.102. The van der Waals surface area contributed by atoms with Gasteiger partial charge in [0.25, 0.3) is 5.91 Å². The minimum Gasteiger partial charge on any atom is -0.322 e. The Bertz CT molecular complexity index is 1290. The Morgan fingerprint density at radius 1 is 1.17 bits per heavy atom. The normalized spacial score (nSPS) is 11.7. The second-order valence-corrected chi connectivity index (χ2v) is 9.37. The summed E-state index contributed by atoms with van der Waals surface area (Å²) in [6, 6.07) is 11.9. The van der Waals surface area contributed by atoms with Gasteiger partial charge in [0.15, 0.2) is 4.96 Å². The summed E-state index contributed by atoms with van der Waals surface area (Å²) >= 11 is 1.57. The van der Waals surface area contributed by atoms with Gasteiger partial charge < -0.3 is 5.32 Å². The minimum absolute atomic E-state index is 0.0650. The van der Waals surface area contributed by atoms with Gasteiger partial charge in [-0.2, -0.15) is 0 Å². The molecule has 4 rings (SSSR count). The van der Waals surface area contributed by atoms with Crippen LogP contribution >= 0.6 is 11.3 Å². The highest BCUT2D eigenvalue weighted by Gasteiger charge is 2.17. The molecular weight excluding hydrogens is 420 g/mol. The van der Waals surface area contributed by atoms with E-state index in [1.165, 1.54) is 12.1 Å². The van der Waals surface area contributed by atoms with Crippen LogP contribution in [0.15, 0.2) is 65.1 Å². The average Bonchev–Trinajstić information content (AvgIpc) is 3.31. The number of nitrogens with zero attached hydrogens (tertiary/aromatic N) is 2. The summed E-state index contributed by atoms with van der Waals surface area (Å²) in [5.74, 6) is -0.365. The Hall–Kier alpha value is -3.01. The fourth-order valence-electron chi connectivity index (χ4n) is 3.08. The summed E-state index contributed by atoms with van der Waals surface area (Å²) < 4.78 is 28.9. The highest BCUT2D eigenvalue weighted by Crippen LogP contribution is 2.24. The predicted octanol–water partition coefficient (Wildman–Crippen LogP) is 3.92. The Morgan fingerprint density at radius 2 is 1.93 bits per heavy atom. The number of sulfonamides is 1. The van der Waals surface area contributed by atoms with Crippen LogP contribution in [0.1, 0.15) is 22.8 Å². The van der Waals surface area contributed by atoms with E-state index >= 15 is 0 Å². The maximum absolute atomic E-state index is 12.8. The van der Waals surface area contributed by atoms with Gasteiger partial charge in [-0.3, -0.25) is 9.20 Å². The first kappa shape index (κ1) is 20.3. The average molecular weight is 441 g/mol. The summed E-state index contributed by atoms with van der Waals surface area (Å²) in [7, 11) is -3.64. The Labute approximate surface area is 178 Å². The molecule has 0 radical (unpaired) electrons. The van der Waals surface area contributed by atoms with Crippen LogP contribution in [0.3, 0.4) is 0 Å². The van der Waals surface area contributed by atoms with Gasteiger partial charge in [0, 0.05) is 41.1 Å². The molecule has 0 aliphatic heterocycles. The highest BCUT2D eigenvalue weighted by molar-refractivity contribution is 7.89. The van der Waals surface area contributed by atoms with Crippen molar-refractivity contribution in [1.82, 2.24) is 14.1 Å². The molecule has 0 aliphatic rings. The summed E-state index contributed by atoms with van der Waals surface area (Å²) in [5.41, 5.74) is 3.42. The van der Waals surface area contributed by atoms with Gasteiger partial charge in [-0.15, -0.1) is 11.3 Å². The smallest absolute Gasteiger partial charge is 0.255 e. The summed E-state index contributed by atoms with van der Waals surface area (Å²) in [5, 5.41) is 4.81. The number of rotatable bonds is 6. The van der Waals surface area contributed by atoms with Crippen LogP contribution in [0.2, 0.25) is 0 Å². The van der Waals surface area contributed by atoms with Crippen molar-refractivity contribution in [2.24, 2.45) is 0 Å². The van der Waals surface area contributed by atoms with Crippen molar-refractivity contribution < 1.29 is 13.2 Å². The van der Waals surface area contributed by atoms with E-state index in [0.717, 1.165) is 16.2 Å². The Morgan fingerprint density at radius 3 is 2.63 bits per heavy atom. The fraction of sp³-hybridized carbons (Fsp3) is 0.143. The zero-order valence-electron chi connectivity index (χ0n) is 16.4. The lowest BCUT2D eigenvalue weighted by Crippen LogP contribution is -2.24. The van der Waals surface area contributed by atoms with E-state index in [1.807, 2.05) is 34.3 Å². The van der Waals surface area contributed by atoms with Crippen LogP contribution in [-0.2, 0) is 10.0 Å². The molecule has 0 saturated heterocycles. The molecule has 0 unspecified atom stereocenters. The van der Waals surface area contributed by atoms with Crippen molar-refractivity contribution in [2.75, 3.05) is 11.9 Å². The SMILES string of the molecule is CCNS(=O)(=O)c1ccc(C)c(C(=O)Nc2ccc(-c3cn4ccsc4n3)cc2)c1. The highest BCUT2D eigenvalue weighted by atomic mass is 32.2. The van der Waals surface area contributed by atoms with E-state index in [1.54, 1.807) is 43.4 Å². The number of carbonyl (C=O) groups excluding carboxylic acids is 1. The zero-order valence-corrected chi connectivity index (χ0v) is 18.0. The second kappa shape index (κ2) is 8.02. The van der Waals surface area contributed by atoms with Gasteiger partial charge in [-0.1, -0.05) is 25.1 Å². The lowest BCUT2D eigenvalue weighted by Gasteiger charge is -2.11. The van der Waals surface area contributed by atoms with E-state index in [4.69, 9.17) is 0 Å². The van der Waals surface area contributed by atoms with Crippen molar-refractivity contribution in [1.29, 1.82) is 0 Å². The fourth-order valence-corrected chi connectivity index (χ4v) is 4.84. The molecule has 154 valence electrons. The molecule has 30 heavy (non-hydrogen) atoms. The van der Waals surface area contributed by atoms with Crippen LogP contribution in [0.25, 0.3) is 16.2 Å². The van der Waals surface area contributed by atoms with Crippen LogP contribution in [0.4, 0.5) is 5.69 Å². The third-order valence-electron chi connectivity index (χ3n) is 4.63. The van der Waals surface area contributed by atoms with E-state index in [2.05, 4.69) is 15.0 Å². The summed E-state index contributed by atoms with van der Waals surface area (Å²) in [4.78, 5) is 18.3. The number of imidazole rings is 1. The molecule has 2 aromatic carbocycles. The third kappa shape index (κ3) is 4.00. The van der Waals surface area contributed by atoms with Crippen LogP contribution < -0.4 is 10.0 Å². The molecule has 0 saturated carbocycles. The predicted molar refractivity (Wildman–Crippen MR) is 118 cm³/mol. The quantitative estimate of drug-likeness (QED) is 0.475. The van der Waals surface area contributed by atoms with Gasteiger partial charge in [-0.05, 0) is 36.8 Å². The topological polar surface area (TPSA) is 92.6 Å². The first-order valence-corrected chi connectivity index (χ1v) is 11.7. The molecule has 0 bridgehead atoms. The number of thiazole rings is 1. The van der Waals surface area contributed by atoms with Gasteiger partial charge in [0.2, 0.25) is 10.0 Å². The molecule has 7 nitrogen and oxygen atoms in total. The Balaban J connectivity index is 1.54. The maximum atomic E-state index is 12.8. The van der Waals surface area contributed by atoms with E-state index in [9.17, 15) is 13.2 Å². The number of hydrogen-bond acceptors (Lipinski definition) is 5. The lowest BCUT2D eigenvalue weighted by atomic mass is 10.1. The first-order valence-electron chi connectivity index (χ1n) is 9.31. The third-order valence-corrected chi connectivity index (χ3v) is 6.94. The van der Waals surface area contributed by atoms with Crippen molar-refractivity contribution >= 4 is 37.9 Å². The number of amides is 1. The van der Waals surface area contributed by atoms with Crippen molar-refractivity contribution in [2.45, 2.75) is 18.7 Å². The molecule has 2 aromatic heterocycles. The summed E-state index contributed by atoms with van der Waals surface area (Å²) in [6.07, 6.45) is 3.91. The molecule has 0 atom stereocenters. The van der Waals surface area contributed by atoms with Crippen LogP contribution in [-0.4, -0.2) is 30.3 Å². The molecule has 4 aromatic rings. The number of aromatic nitrogens is 2. The molecule has 2 N–H and O–H groups in total. The number of hydrogen-bond donors (Lipinski definition) is 2. The van der Waals surface area contributed by atoms with Crippen molar-refractivity contribution in [3.8, 4) is 11.3 Å². The molecular formula is C21H20N4O3S2. The zero-order chi connectivity index (χ0) is 21.3. The van der Waals surface area contributed by atoms with E-state index in [0.29, 0.717) is 16.8 Å². The van der Waals surface area contributed by atoms with Gasteiger partial charge in [-0.25, -0.2) is 18.1 Å². The second-order valence-electron chi connectivity index (χ2n) is 6.73. The van der Waals surface area contributed by atoms with Crippen molar-refractivity contribution in [3.63, 3.8) is 0 Å². The molecule has 0 fully saturated rings. The van der Waals surface area contributed by atoms with Gasteiger partial charge in [0.05, 0.1) is 10.6 Å². The van der Waals surface area contributed by atoms with E-state index in [-0.39, 0.29) is 17.3 Å². The van der Waals surface area contributed by atoms with Crippen molar-refractivity contribution in [3.05, 3.63) is 71.4 Å². The number of carbonyl (C=O) groups is 1. The maximum Gasteiger partial charge on any atom is 0.255 e. The molecule has 0 spiro atoms. The Kier molecular flexibility index (Phi) is 5.42. The number of aryl methyl sites for hydroxylation is 1. The molecule has 1 amide bonds.